The second-order valence-electron chi connectivity index (χ2n) is 6.53. The number of hydrogen-bond acceptors (Lipinski definition) is 6. The minimum Gasteiger partial charge on any atom is -0.485 e. The fourth-order valence-electron chi connectivity index (χ4n) is 3.49. The average Bonchev–Trinajstić information content (AvgIpc) is 3.14. The van der Waals surface area contributed by atoms with Crippen molar-refractivity contribution in [3.05, 3.63) is 40.1 Å². The van der Waals surface area contributed by atoms with E-state index in [4.69, 9.17) is 9.47 Å². The van der Waals surface area contributed by atoms with Crippen LogP contribution in [0.5, 0.6) is 0 Å². The highest BCUT2D eigenvalue weighted by atomic mass is 79.9. The second-order valence-corrected chi connectivity index (χ2v) is 7.44. The molecule has 0 saturated heterocycles. The summed E-state index contributed by atoms with van der Waals surface area (Å²) in [4.78, 5) is 36.5. The van der Waals surface area contributed by atoms with Crippen LogP contribution in [0.15, 0.2) is 40.1 Å². The van der Waals surface area contributed by atoms with E-state index in [1.807, 2.05) is 30.9 Å². The van der Waals surface area contributed by atoms with Gasteiger partial charge in [0.1, 0.15) is 17.4 Å². The van der Waals surface area contributed by atoms with Crippen LogP contribution in [-0.2, 0) is 23.9 Å². The van der Waals surface area contributed by atoms with Crippen molar-refractivity contribution in [1.82, 2.24) is 0 Å². The van der Waals surface area contributed by atoms with Crippen LogP contribution in [0, 0.1) is 5.41 Å². The van der Waals surface area contributed by atoms with Gasteiger partial charge in [-0.25, -0.2) is 9.59 Å². The van der Waals surface area contributed by atoms with E-state index in [0.29, 0.717) is 38.0 Å². The molecule has 7 heteroatoms. The first kappa shape index (κ1) is 22.0. The number of anilines is 1. The highest BCUT2D eigenvalue weighted by molar-refractivity contribution is 9.10. The van der Waals surface area contributed by atoms with Crippen molar-refractivity contribution in [3.8, 4) is 0 Å². The molecule has 0 radical (unpaired) electrons. The monoisotopic (exact) mass is 449 g/mol. The molecule has 1 saturated carbocycles. The minimum absolute atomic E-state index is 0.0486. The highest BCUT2D eigenvalue weighted by Gasteiger charge is 2.56. The van der Waals surface area contributed by atoms with E-state index in [9.17, 15) is 14.4 Å². The lowest BCUT2D eigenvalue weighted by Gasteiger charge is -2.36. The minimum atomic E-state index is -1.36. The predicted molar refractivity (Wildman–Crippen MR) is 109 cm³/mol. The van der Waals surface area contributed by atoms with Gasteiger partial charge in [-0.15, -0.1) is 0 Å². The third-order valence-corrected chi connectivity index (χ3v) is 5.30. The Morgan fingerprint density at radius 2 is 1.96 bits per heavy atom. The Bertz CT molecular complexity index is 794. The Balaban J connectivity index is 2.58. The molecule has 0 amide bonds. The van der Waals surface area contributed by atoms with E-state index in [2.05, 4.69) is 21.2 Å². The number of halogens is 1. The Morgan fingerprint density at radius 1 is 1.25 bits per heavy atom. The number of benzene rings is 1. The van der Waals surface area contributed by atoms with Gasteiger partial charge in [-0.2, -0.15) is 0 Å². The summed E-state index contributed by atoms with van der Waals surface area (Å²) >= 11 is 3.38. The molecule has 0 heterocycles. The molecule has 2 unspecified atom stereocenters. The molecule has 0 aliphatic heterocycles. The van der Waals surface area contributed by atoms with Gasteiger partial charge in [0.05, 0.1) is 13.2 Å². The molecule has 6 nitrogen and oxygen atoms in total. The number of carbonyl (C=O) groups excluding carboxylic acids is 3. The normalized spacial score (nSPS) is 19.3. The number of rotatable bonds is 9. The Labute approximate surface area is 173 Å². The smallest absolute Gasteiger partial charge is 0.319 e. The third-order valence-electron chi connectivity index (χ3n) is 4.77. The van der Waals surface area contributed by atoms with Crippen LogP contribution < -0.4 is 5.32 Å². The standard InChI is InChI=1S/C21H24BrNO5/c1-3-12-28-18(14-25)19(23-17-9-7-16(22)8-10-17)21(20(26)27-4-2)11-5-6-15(21)13-24/h7-10,19,23H,3-6,11-12H2,1-2H3. The number of esters is 1. The molecule has 28 heavy (non-hydrogen) atoms. The van der Waals surface area contributed by atoms with Gasteiger partial charge >= 0.3 is 5.97 Å². The van der Waals surface area contributed by atoms with E-state index >= 15 is 0 Å². The lowest BCUT2D eigenvalue weighted by molar-refractivity contribution is -0.153. The first-order valence-corrected chi connectivity index (χ1v) is 10.1. The molecule has 150 valence electrons. The van der Waals surface area contributed by atoms with Crippen molar-refractivity contribution in [2.45, 2.75) is 45.6 Å². The molecular weight excluding hydrogens is 426 g/mol. The van der Waals surface area contributed by atoms with Gasteiger partial charge in [0.25, 0.3) is 0 Å². The van der Waals surface area contributed by atoms with Crippen LogP contribution in [-0.4, -0.2) is 37.1 Å². The summed E-state index contributed by atoms with van der Waals surface area (Å²) < 4.78 is 11.8. The summed E-state index contributed by atoms with van der Waals surface area (Å²) in [5, 5.41) is 3.21. The zero-order valence-corrected chi connectivity index (χ0v) is 17.6. The average molecular weight is 450 g/mol. The topological polar surface area (TPSA) is 81.7 Å². The van der Waals surface area contributed by atoms with Crippen LogP contribution in [0.1, 0.15) is 39.5 Å². The summed E-state index contributed by atoms with van der Waals surface area (Å²) in [7, 11) is 0. The number of hydrogen-bond donors (Lipinski definition) is 1. The van der Waals surface area contributed by atoms with Crippen molar-refractivity contribution in [2.75, 3.05) is 18.5 Å². The lowest BCUT2D eigenvalue weighted by atomic mass is 9.74. The molecular formula is C21H24BrNO5. The summed E-state index contributed by atoms with van der Waals surface area (Å²) in [6.45, 7) is 4.06. The molecule has 1 aliphatic rings. The maximum absolute atomic E-state index is 13.0. The van der Waals surface area contributed by atoms with Gasteiger partial charge in [0, 0.05) is 15.7 Å². The van der Waals surface area contributed by atoms with E-state index < -0.39 is 17.4 Å². The Hall–Kier alpha value is -2.33. The number of ether oxygens (including phenoxy) is 2. The molecule has 1 aromatic rings. The zero-order valence-electron chi connectivity index (χ0n) is 16.0. The number of carbonyl (C=O) groups is 1. The summed E-state index contributed by atoms with van der Waals surface area (Å²) in [6.07, 6.45) is 2.06. The zero-order chi connectivity index (χ0) is 20.6. The summed E-state index contributed by atoms with van der Waals surface area (Å²) in [6, 6.07) is 6.35. The lowest BCUT2D eigenvalue weighted by Crippen LogP contribution is -2.49. The van der Waals surface area contributed by atoms with Gasteiger partial charge in [0.15, 0.2) is 5.94 Å². The van der Waals surface area contributed by atoms with E-state index in [-0.39, 0.29) is 17.9 Å². The van der Waals surface area contributed by atoms with Crippen molar-refractivity contribution >= 4 is 39.5 Å². The molecule has 1 aliphatic carbocycles. The molecule has 0 aromatic heterocycles. The fourth-order valence-corrected chi connectivity index (χ4v) is 3.75. The highest BCUT2D eigenvalue weighted by Crippen LogP contribution is 2.48. The van der Waals surface area contributed by atoms with Crippen LogP contribution >= 0.6 is 15.9 Å². The molecule has 1 N–H and O–H groups in total. The first-order chi connectivity index (χ1) is 13.5. The van der Waals surface area contributed by atoms with Gasteiger partial charge in [-0.1, -0.05) is 22.9 Å². The van der Waals surface area contributed by atoms with Gasteiger partial charge in [0.2, 0.25) is 5.76 Å². The van der Waals surface area contributed by atoms with Gasteiger partial charge in [-0.3, -0.25) is 4.79 Å². The maximum Gasteiger partial charge on any atom is 0.319 e. The molecule has 1 aromatic carbocycles. The first-order valence-electron chi connectivity index (χ1n) is 9.35. The quantitative estimate of drug-likeness (QED) is 0.350. The van der Waals surface area contributed by atoms with Crippen molar-refractivity contribution < 1.29 is 23.9 Å². The maximum atomic E-state index is 13.0. The van der Waals surface area contributed by atoms with E-state index in [1.165, 1.54) is 0 Å². The SMILES string of the molecule is CCCOC(=C=O)C(Nc1ccc(Br)cc1)C1(C(=O)OCC)CCCC1=C=O. The van der Waals surface area contributed by atoms with Crippen molar-refractivity contribution in [2.24, 2.45) is 5.41 Å². The Kier molecular flexibility index (Phi) is 8.06. The molecule has 2 atom stereocenters. The molecule has 0 bridgehead atoms. The molecule has 2 rings (SSSR count). The predicted octanol–water partition coefficient (Wildman–Crippen LogP) is 3.86. The van der Waals surface area contributed by atoms with E-state index in [1.54, 1.807) is 19.1 Å². The van der Waals surface area contributed by atoms with E-state index in [0.717, 1.165) is 4.47 Å². The van der Waals surface area contributed by atoms with Crippen LogP contribution in [0.3, 0.4) is 0 Å². The fraction of sp³-hybridized carbons (Fsp3) is 0.476. The molecule has 0 spiro atoms. The van der Waals surface area contributed by atoms with Gasteiger partial charge in [-0.05, 0) is 56.9 Å². The van der Waals surface area contributed by atoms with Crippen LogP contribution in [0.25, 0.3) is 0 Å². The van der Waals surface area contributed by atoms with Crippen molar-refractivity contribution in [3.63, 3.8) is 0 Å². The summed E-state index contributed by atoms with van der Waals surface area (Å²) in [5.74, 6) is 3.15. The summed E-state index contributed by atoms with van der Waals surface area (Å²) in [5.41, 5.74) is -0.402. The van der Waals surface area contributed by atoms with Crippen LogP contribution in [0.4, 0.5) is 5.69 Å². The molecule has 1 fully saturated rings. The van der Waals surface area contributed by atoms with Crippen LogP contribution in [0.2, 0.25) is 0 Å². The third kappa shape index (κ3) is 4.56. The van der Waals surface area contributed by atoms with Crippen molar-refractivity contribution in [1.29, 1.82) is 0 Å². The van der Waals surface area contributed by atoms with Gasteiger partial charge < -0.3 is 14.8 Å². The largest absolute Gasteiger partial charge is 0.485 e. The number of nitrogens with one attached hydrogen (secondary N) is 1. The second kappa shape index (κ2) is 10.3. The Morgan fingerprint density at radius 3 is 2.54 bits per heavy atom.